The van der Waals surface area contributed by atoms with Gasteiger partial charge in [0.1, 0.15) is 0 Å². The molecule has 0 amide bonds. The van der Waals surface area contributed by atoms with Gasteiger partial charge in [0.2, 0.25) is 0 Å². The highest BCUT2D eigenvalue weighted by Gasteiger charge is 2.13. The molecule has 0 spiro atoms. The number of hydrazine groups is 1. The van der Waals surface area contributed by atoms with Crippen molar-refractivity contribution in [3.63, 3.8) is 0 Å². The van der Waals surface area contributed by atoms with E-state index in [1.807, 2.05) is 0 Å². The fourth-order valence-corrected chi connectivity index (χ4v) is 2.14. The van der Waals surface area contributed by atoms with E-state index in [4.69, 9.17) is 10.6 Å². The molecule has 0 bridgehead atoms. The lowest BCUT2D eigenvalue weighted by Crippen LogP contribution is -2.36. The summed E-state index contributed by atoms with van der Waals surface area (Å²) in [6, 6.07) is 9.18. The molecule has 19 heavy (non-hydrogen) atoms. The smallest absolute Gasteiger partial charge is 0.0462 e. The second-order valence-electron chi connectivity index (χ2n) is 6.15. The summed E-state index contributed by atoms with van der Waals surface area (Å²) in [5.74, 6) is 5.61. The predicted octanol–water partition coefficient (Wildman–Crippen LogP) is 2.79. The van der Waals surface area contributed by atoms with Crippen LogP contribution < -0.4 is 11.3 Å². The molecular formula is C16H28N2O. The van der Waals surface area contributed by atoms with Crippen LogP contribution in [-0.4, -0.2) is 19.8 Å². The first-order chi connectivity index (χ1) is 8.97. The molecule has 0 heterocycles. The molecule has 0 aromatic heterocycles. The van der Waals surface area contributed by atoms with E-state index in [0.717, 1.165) is 25.9 Å². The molecule has 1 atom stereocenters. The molecule has 1 aromatic rings. The quantitative estimate of drug-likeness (QED) is 0.452. The van der Waals surface area contributed by atoms with Crippen molar-refractivity contribution in [2.75, 3.05) is 13.7 Å². The zero-order valence-corrected chi connectivity index (χ0v) is 12.7. The SMILES string of the molecule is COCCCC(Cc1ccc(C(C)(C)C)cc1)NN. The molecule has 0 saturated heterocycles. The van der Waals surface area contributed by atoms with Crippen LogP contribution in [0.25, 0.3) is 0 Å². The molecule has 3 N–H and O–H groups in total. The number of hydrogen-bond acceptors (Lipinski definition) is 3. The number of nitrogens with one attached hydrogen (secondary N) is 1. The summed E-state index contributed by atoms with van der Waals surface area (Å²) in [4.78, 5) is 0. The molecule has 1 unspecified atom stereocenters. The lowest BCUT2D eigenvalue weighted by Gasteiger charge is -2.20. The minimum Gasteiger partial charge on any atom is -0.385 e. The second kappa shape index (κ2) is 7.63. The highest BCUT2D eigenvalue weighted by atomic mass is 16.5. The van der Waals surface area contributed by atoms with E-state index in [-0.39, 0.29) is 5.41 Å². The Morgan fingerprint density at radius 2 is 1.84 bits per heavy atom. The van der Waals surface area contributed by atoms with Gasteiger partial charge in [0.25, 0.3) is 0 Å². The van der Waals surface area contributed by atoms with Gasteiger partial charge in [0.15, 0.2) is 0 Å². The topological polar surface area (TPSA) is 47.3 Å². The van der Waals surface area contributed by atoms with Crippen molar-refractivity contribution in [2.45, 2.75) is 51.5 Å². The number of nitrogens with two attached hydrogens (primary N) is 1. The minimum absolute atomic E-state index is 0.211. The van der Waals surface area contributed by atoms with Gasteiger partial charge in [-0.1, -0.05) is 45.0 Å². The predicted molar refractivity (Wildman–Crippen MR) is 81.1 cm³/mol. The Balaban J connectivity index is 2.55. The van der Waals surface area contributed by atoms with Gasteiger partial charge in [-0.15, -0.1) is 0 Å². The molecular weight excluding hydrogens is 236 g/mol. The van der Waals surface area contributed by atoms with Crippen LogP contribution in [0.15, 0.2) is 24.3 Å². The summed E-state index contributed by atoms with van der Waals surface area (Å²) in [5.41, 5.74) is 5.81. The van der Waals surface area contributed by atoms with Crippen LogP contribution in [-0.2, 0) is 16.6 Å². The van der Waals surface area contributed by atoms with E-state index >= 15 is 0 Å². The minimum atomic E-state index is 0.211. The average Bonchev–Trinajstić information content (AvgIpc) is 2.37. The third kappa shape index (κ3) is 5.72. The van der Waals surface area contributed by atoms with Crippen molar-refractivity contribution in [3.05, 3.63) is 35.4 Å². The van der Waals surface area contributed by atoms with Crippen LogP contribution >= 0.6 is 0 Å². The van der Waals surface area contributed by atoms with E-state index < -0.39 is 0 Å². The maximum atomic E-state index is 5.61. The summed E-state index contributed by atoms with van der Waals surface area (Å²) < 4.78 is 5.07. The molecule has 108 valence electrons. The molecule has 1 rings (SSSR count). The van der Waals surface area contributed by atoms with Crippen molar-refractivity contribution in [3.8, 4) is 0 Å². The van der Waals surface area contributed by atoms with E-state index in [1.54, 1.807) is 7.11 Å². The van der Waals surface area contributed by atoms with Gasteiger partial charge in [0.05, 0.1) is 0 Å². The third-order valence-electron chi connectivity index (χ3n) is 3.44. The van der Waals surface area contributed by atoms with E-state index in [9.17, 15) is 0 Å². The van der Waals surface area contributed by atoms with Gasteiger partial charge in [-0.05, 0) is 35.8 Å². The maximum Gasteiger partial charge on any atom is 0.0462 e. The Morgan fingerprint density at radius 3 is 2.32 bits per heavy atom. The zero-order valence-electron chi connectivity index (χ0n) is 12.7. The highest BCUT2D eigenvalue weighted by Crippen LogP contribution is 2.22. The number of methoxy groups -OCH3 is 1. The Hall–Kier alpha value is -0.900. The highest BCUT2D eigenvalue weighted by molar-refractivity contribution is 5.27. The van der Waals surface area contributed by atoms with Crippen LogP contribution in [0.4, 0.5) is 0 Å². The molecule has 0 fully saturated rings. The summed E-state index contributed by atoms with van der Waals surface area (Å²) >= 11 is 0. The number of hydrogen-bond donors (Lipinski definition) is 2. The maximum absolute atomic E-state index is 5.61. The summed E-state index contributed by atoms with van der Waals surface area (Å²) in [7, 11) is 1.73. The first-order valence-electron chi connectivity index (χ1n) is 7.02. The molecule has 0 saturated carbocycles. The van der Waals surface area contributed by atoms with Gasteiger partial charge in [0, 0.05) is 19.8 Å². The van der Waals surface area contributed by atoms with Crippen LogP contribution in [0.5, 0.6) is 0 Å². The van der Waals surface area contributed by atoms with Crippen molar-refractivity contribution in [1.82, 2.24) is 5.43 Å². The lowest BCUT2D eigenvalue weighted by atomic mass is 9.86. The first kappa shape index (κ1) is 16.2. The number of rotatable bonds is 7. The summed E-state index contributed by atoms with van der Waals surface area (Å²) in [6.07, 6.45) is 3.03. The van der Waals surface area contributed by atoms with E-state index in [0.29, 0.717) is 6.04 Å². The Morgan fingerprint density at radius 1 is 1.21 bits per heavy atom. The lowest BCUT2D eigenvalue weighted by molar-refractivity contribution is 0.188. The molecule has 1 aromatic carbocycles. The Labute approximate surface area is 117 Å². The van der Waals surface area contributed by atoms with Crippen molar-refractivity contribution in [1.29, 1.82) is 0 Å². The van der Waals surface area contributed by atoms with Gasteiger partial charge in [-0.3, -0.25) is 11.3 Å². The van der Waals surface area contributed by atoms with Crippen LogP contribution in [0, 0.1) is 0 Å². The fraction of sp³-hybridized carbons (Fsp3) is 0.625. The average molecular weight is 264 g/mol. The van der Waals surface area contributed by atoms with Crippen molar-refractivity contribution in [2.24, 2.45) is 5.84 Å². The monoisotopic (exact) mass is 264 g/mol. The van der Waals surface area contributed by atoms with Crippen LogP contribution in [0.2, 0.25) is 0 Å². The van der Waals surface area contributed by atoms with E-state index in [2.05, 4.69) is 50.5 Å². The molecule has 0 aliphatic rings. The number of benzene rings is 1. The Kier molecular flexibility index (Phi) is 6.49. The summed E-state index contributed by atoms with van der Waals surface area (Å²) in [5, 5.41) is 0. The van der Waals surface area contributed by atoms with E-state index in [1.165, 1.54) is 11.1 Å². The molecule has 0 radical (unpaired) electrons. The number of ether oxygens (including phenoxy) is 1. The molecule has 0 aliphatic carbocycles. The van der Waals surface area contributed by atoms with Gasteiger partial charge in [-0.25, -0.2) is 0 Å². The summed E-state index contributed by atoms with van der Waals surface area (Å²) in [6.45, 7) is 7.49. The largest absolute Gasteiger partial charge is 0.385 e. The van der Waals surface area contributed by atoms with Gasteiger partial charge >= 0.3 is 0 Å². The van der Waals surface area contributed by atoms with Crippen LogP contribution in [0.1, 0.15) is 44.7 Å². The van der Waals surface area contributed by atoms with Gasteiger partial charge < -0.3 is 4.74 Å². The van der Waals surface area contributed by atoms with Crippen LogP contribution in [0.3, 0.4) is 0 Å². The molecule has 3 nitrogen and oxygen atoms in total. The third-order valence-corrected chi connectivity index (χ3v) is 3.44. The first-order valence-corrected chi connectivity index (χ1v) is 7.02. The normalized spacial score (nSPS) is 13.5. The molecule has 0 aliphatic heterocycles. The Bertz CT molecular complexity index is 354. The molecule has 3 heteroatoms. The van der Waals surface area contributed by atoms with Gasteiger partial charge in [-0.2, -0.15) is 0 Å². The fourth-order valence-electron chi connectivity index (χ4n) is 2.14. The zero-order chi connectivity index (χ0) is 14.3. The van der Waals surface area contributed by atoms with Crippen molar-refractivity contribution < 1.29 is 4.74 Å². The standard InChI is InChI=1S/C16H28N2O/c1-16(2,3)14-9-7-13(8-10-14)12-15(18-17)6-5-11-19-4/h7-10,15,18H,5-6,11-12,17H2,1-4H3. The second-order valence-corrected chi connectivity index (χ2v) is 6.15. The van der Waals surface area contributed by atoms with Crippen molar-refractivity contribution >= 4 is 0 Å².